The van der Waals surface area contributed by atoms with Crippen LogP contribution in [0.5, 0.6) is 5.75 Å². The molecular weight excluding hydrogens is 411 g/mol. The number of carbonyl (C=O) groups excluding carboxylic acids is 1. The zero-order chi connectivity index (χ0) is 22.4. The Morgan fingerprint density at radius 2 is 1.84 bits per heavy atom. The van der Waals surface area contributed by atoms with Crippen LogP contribution in [-0.2, 0) is 17.5 Å². The van der Waals surface area contributed by atoms with Gasteiger partial charge in [-0.1, -0.05) is 35.9 Å². The van der Waals surface area contributed by atoms with Crippen molar-refractivity contribution in [1.82, 2.24) is 15.1 Å². The van der Waals surface area contributed by atoms with Gasteiger partial charge in [0.1, 0.15) is 5.75 Å². The second kappa shape index (κ2) is 9.46. The summed E-state index contributed by atoms with van der Waals surface area (Å²) in [6.07, 6.45) is -4.49. The Hall–Kier alpha value is -3.62. The Morgan fingerprint density at radius 1 is 1.10 bits per heavy atom. The number of rotatable bonds is 7. The van der Waals surface area contributed by atoms with E-state index in [0.29, 0.717) is 5.69 Å². The normalized spacial score (nSPS) is 11.2. The summed E-state index contributed by atoms with van der Waals surface area (Å²) >= 11 is 0. The molecule has 1 heterocycles. The van der Waals surface area contributed by atoms with Crippen LogP contribution in [0.4, 0.5) is 13.2 Å². The smallest absolute Gasteiger partial charge is 0.416 e. The summed E-state index contributed by atoms with van der Waals surface area (Å²) in [6, 6.07) is 15.0. The van der Waals surface area contributed by atoms with Gasteiger partial charge in [0, 0.05) is 18.2 Å². The van der Waals surface area contributed by atoms with E-state index in [-0.39, 0.29) is 24.4 Å². The lowest BCUT2D eigenvalue weighted by atomic mass is 10.1. The molecule has 0 fully saturated rings. The quantitative estimate of drug-likeness (QED) is 0.622. The number of aryl methyl sites for hydroxylation is 1. The van der Waals surface area contributed by atoms with Gasteiger partial charge in [0.15, 0.2) is 6.61 Å². The second-order valence-electron chi connectivity index (χ2n) is 6.81. The lowest BCUT2D eigenvalue weighted by Crippen LogP contribution is -2.34. The van der Waals surface area contributed by atoms with Crippen molar-refractivity contribution in [3.8, 4) is 17.0 Å². The summed E-state index contributed by atoms with van der Waals surface area (Å²) < 4.78 is 44.5. The molecule has 0 aliphatic carbocycles. The summed E-state index contributed by atoms with van der Waals surface area (Å²) in [5, 5.41) is 6.86. The molecule has 0 atom stereocenters. The van der Waals surface area contributed by atoms with E-state index in [2.05, 4.69) is 10.4 Å². The number of halogens is 3. The Kier molecular flexibility index (Phi) is 6.74. The fourth-order valence-electron chi connectivity index (χ4n) is 2.75. The third kappa shape index (κ3) is 6.18. The van der Waals surface area contributed by atoms with Gasteiger partial charge in [-0.3, -0.25) is 9.59 Å². The van der Waals surface area contributed by atoms with Crippen LogP contribution in [0.25, 0.3) is 11.3 Å². The minimum absolute atomic E-state index is 0.0614. The predicted octanol–water partition coefficient (Wildman–Crippen LogP) is 3.43. The first kappa shape index (κ1) is 22.1. The number of alkyl halides is 3. The molecule has 0 saturated carbocycles. The van der Waals surface area contributed by atoms with Crippen LogP contribution < -0.4 is 15.6 Å². The number of amides is 1. The first-order chi connectivity index (χ1) is 14.7. The molecule has 31 heavy (non-hydrogen) atoms. The summed E-state index contributed by atoms with van der Waals surface area (Å²) in [5.41, 5.74) is 1.42. The van der Waals surface area contributed by atoms with Crippen molar-refractivity contribution >= 4 is 5.91 Å². The van der Waals surface area contributed by atoms with E-state index in [4.69, 9.17) is 4.74 Å². The van der Waals surface area contributed by atoms with Crippen molar-refractivity contribution in [2.24, 2.45) is 0 Å². The summed E-state index contributed by atoms with van der Waals surface area (Å²) in [7, 11) is 0. The van der Waals surface area contributed by atoms with Crippen LogP contribution in [0.15, 0.2) is 65.5 Å². The number of hydrogen-bond donors (Lipinski definition) is 1. The highest BCUT2D eigenvalue weighted by molar-refractivity contribution is 5.77. The monoisotopic (exact) mass is 431 g/mol. The minimum Gasteiger partial charge on any atom is -0.484 e. The molecule has 162 valence electrons. The molecular formula is C22H20F3N3O3. The Bertz CT molecular complexity index is 1110. The van der Waals surface area contributed by atoms with Crippen molar-refractivity contribution in [2.75, 3.05) is 13.2 Å². The van der Waals surface area contributed by atoms with Crippen molar-refractivity contribution in [3.63, 3.8) is 0 Å². The maximum Gasteiger partial charge on any atom is 0.416 e. The van der Waals surface area contributed by atoms with Gasteiger partial charge in [0.25, 0.3) is 11.5 Å². The van der Waals surface area contributed by atoms with Gasteiger partial charge >= 0.3 is 6.18 Å². The third-order valence-corrected chi connectivity index (χ3v) is 4.39. The largest absolute Gasteiger partial charge is 0.484 e. The van der Waals surface area contributed by atoms with Gasteiger partial charge in [0.05, 0.1) is 17.8 Å². The highest BCUT2D eigenvalue weighted by atomic mass is 19.4. The molecule has 6 nitrogen and oxygen atoms in total. The van der Waals surface area contributed by atoms with Crippen LogP contribution in [0.2, 0.25) is 0 Å². The van der Waals surface area contributed by atoms with Crippen LogP contribution in [0, 0.1) is 6.92 Å². The number of benzene rings is 2. The minimum atomic E-state index is -4.49. The molecule has 0 spiro atoms. The molecule has 0 saturated heterocycles. The Balaban J connectivity index is 1.53. The molecule has 1 amide bonds. The maximum absolute atomic E-state index is 12.7. The number of nitrogens with zero attached hydrogens (tertiary/aromatic N) is 2. The molecule has 0 aliphatic heterocycles. The van der Waals surface area contributed by atoms with Gasteiger partial charge in [-0.15, -0.1) is 0 Å². The molecule has 0 aliphatic rings. The molecule has 0 unspecified atom stereocenters. The number of hydrogen-bond acceptors (Lipinski definition) is 4. The molecule has 3 rings (SSSR count). The SMILES string of the molecule is Cc1ccc(-c2ccc(=O)n(CCNC(=O)COc3cccc(C(F)(F)F)c3)n2)cc1. The van der Waals surface area contributed by atoms with Crippen molar-refractivity contribution in [3.05, 3.63) is 82.1 Å². The number of aromatic nitrogens is 2. The van der Waals surface area contributed by atoms with E-state index in [0.717, 1.165) is 23.3 Å². The van der Waals surface area contributed by atoms with Gasteiger partial charge in [-0.25, -0.2) is 4.68 Å². The number of nitrogens with one attached hydrogen (secondary N) is 1. The Morgan fingerprint density at radius 3 is 2.55 bits per heavy atom. The first-order valence-electron chi connectivity index (χ1n) is 9.44. The zero-order valence-electron chi connectivity index (χ0n) is 16.6. The van der Waals surface area contributed by atoms with E-state index in [1.54, 1.807) is 6.07 Å². The molecule has 0 bridgehead atoms. The Labute approximate surface area is 176 Å². The molecule has 1 aromatic heterocycles. The molecule has 0 radical (unpaired) electrons. The van der Waals surface area contributed by atoms with Gasteiger partial charge < -0.3 is 10.1 Å². The second-order valence-corrected chi connectivity index (χ2v) is 6.81. The van der Waals surface area contributed by atoms with E-state index in [1.807, 2.05) is 31.2 Å². The topological polar surface area (TPSA) is 73.2 Å². The van der Waals surface area contributed by atoms with E-state index in [9.17, 15) is 22.8 Å². The van der Waals surface area contributed by atoms with Gasteiger partial charge in [0.2, 0.25) is 0 Å². The highest BCUT2D eigenvalue weighted by Gasteiger charge is 2.30. The summed E-state index contributed by atoms with van der Waals surface area (Å²) in [5.74, 6) is -0.589. The van der Waals surface area contributed by atoms with Crippen LogP contribution in [0.1, 0.15) is 11.1 Å². The zero-order valence-corrected chi connectivity index (χ0v) is 16.6. The standard InChI is InChI=1S/C22H20F3N3O3/c1-15-5-7-16(8-6-15)19-9-10-21(30)28(27-19)12-11-26-20(29)14-31-18-4-2-3-17(13-18)22(23,24)25/h2-10,13H,11-12,14H2,1H3,(H,26,29). The molecule has 2 aromatic carbocycles. The maximum atomic E-state index is 12.7. The van der Waals surface area contributed by atoms with Crippen LogP contribution >= 0.6 is 0 Å². The van der Waals surface area contributed by atoms with Crippen LogP contribution in [-0.4, -0.2) is 28.8 Å². The highest BCUT2D eigenvalue weighted by Crippen LogP contribution is 2.31. The van der Waals surface area contributed by atoms with Crippen molar-refractivity contribution < 1.29 is 22.7 Å². The molecule has 1 N–H and O–H groups in total. The van der Waals surface area contributed by atoms with Crippen molar-refractivity contribution in [1.29, 1.82) is 0 Å². The lowest BCUT2D eigenvalue weighted by molar-refractivity contribution is -0.137. The first-order valence-corrected chi connectivity index (χ1v) is 9.44. The van der Waals surface area contributed by atoms with E-state index in [1.165, 1.54) is 22.9 Å². The average molecular weight is 431 g/mol. The van der Waals surface area contributed by atoms with Gasteiger partial charge in [-0.2, -0.15) is 18.3 Å². The average Bonchev–Trinajstić information content (AvgIpc) is 2.74. The fourth-order valence-corrected chi connectivity index (χ4v) is 2.75. The van der Waals surface area contributed by atoms with E-state index >= 15 is 0 Å². The lowest BCUT2D eigenvalue weighted by Gasteiger charge is -2.11. The van der Waals surface area contributed by atoms with E-state index < -0.39 is 24.3 Å². The molecule has 9 heteroatoms. The number of ether oxygens (including phenoxy) is 1. The predicted molar refractivity (Wildman–Crippen MR) is 109 cm³/mol. The van der Waals surface area contributed by atoms with Crippen molar-refractivity contribution in [2.45, 2.75) is 19.6 Å². The molecule has 3 aromatic rings. The summed E-state index contributed by atoms with van der Waals surface area (Å²) in [6.45, 7) is 1.76. The third-order valence-electron chi connectivity index (χ3n) is 4.39. The number of carbonyl (C=O) groups is 1. The van der Waals surface area contributed by atoms with Crippen LogP contribution in [0.3, 0.4) is 0 Å². The summed E-state index contributed by atoms with van der Waals surface area (Å²) in [4.78, 5) is 24.0. The fraction of sp³-hybridized carbons (Fsp3) is 0.227. The van der Waals surface area contributed by atoms with Gasteiger partial charge in [-0.05, 0) is 31.2 Å².